The van der Waals surface area contributed by atoms with Crippen molar-refractivity contribution in [2.45, 2.75) is 45.6 Å². The zero-order valence-corrected chi connectivity index (χ0v) is 17.7. The number of carbonyl (C=O) groups excluding carboxylic acids is 3. The van der Waals surface area contributed by atoms with E-state index >= 15 is 0 Å². The number of aromatic nitrogens is 1. The number of fused-ring (bicyclic) bond motifs is 1. The molecule has 0 bridgehead atoms. The molecular weight excluding hydrogens is 402 g/mol. The molecule has 158 valence electrons. The van der Waals surface area contributed by atoms with E-state index in [1.54, 1.807) is 5.38 Å². The summed E-state index contributed by atoms with van der Waals surface area (Å²) in [6.45, 7) is 2.13. The molecule has 2 unspecified atom stereocenters. The summed E-state index contributed by atoms with van der Waals surface area (Å²) in [5.74, 6) is -1.27. The monoisotopic (exact) mass is 427 g/mol. The van der Waals surface area contributed by atoms with Gasteiger partial charge in [-0.2, -0.15) is 0 Å². The Morgan fingerprint density at radius 1 is 1.20 bits per heavy atom. The minimum absolute atomic E-state index is 0.0307. The number of amides is 2. The molecule has 1 saturated carbocycles. The summed E-state index contributed by atoms with van der Waals surface area (Å²) in [7, 11) is 0. The topological polar surface area (TPSA) is 88.6 Å². The van der Waals surface area contributed by atoms with E-state index in [4.69, 9.17) is 4.74 Å². The Morgan fingerprint density at radius 3 is 2.77 bits per heavy atom. The molecule has 1 N–H and O–H groups in total. The van der Waals surface area contributed by atoms with Gasteiger partial charge in [0.2, 0.25) is 11.8 Å². The molecule has 1 aliphatic carbocycles. The second-order valence-electron chi connectivity index (χ2n) is 7.80. The van der Waals surface area contributed by atoms with Crippen molar-refractivity contribution < 1.29 is 19.1 Å². The van der Waals surface area contributed by atoms with Crippen molar-refractivity contribution in [3.63, 3.8) is 0 Å². The Bertz CT molecular complexity index is 957. The molecule has 2 aromatic rings. The minimum atomic E-state index is -0.424. The number of esters is 1. The van der Waals surface area contributed by atoms with Gasteiger partial charge in [0, 0.05) is 24.5 Å². The molecule has 2 heterocycles. The molecule has 2 amide bonds. The van der Waals surface area contributed by atoms with Gasteiger partial charge in [-0.25, -0.2) is 4.98 Å². The van der Waals surface area contributed by atoms with Crippen LogP contribution in [0.15, 0.2) is 29.6 Å². The van der Waals surface area contributed by atoms with Crippen LogP contribution in [0.2, 0.25) is 0 Å². The van der Waals surface area contributed by atoms with Gasteiger partial charge in [-0.3, -0.25) is 14.4 Å². The van der Waals surface area contributed by atoms with Crippen molar-refractivity contribution in [3.8, 4) is 0 Å². The lowest BCUT2D eigenvalue weighted by Crippen LogP contribution is -2.42. The van der Waals surface area contributed by atoms with Gasteiger partial charge in [0.25, 0.3) is 0 Å². The van der Waals surface area contributed by atoms with Crippen LogP contribution in [0.5, 0.6) is 0 Å². The fraction of sp³-hybridized carbons (Fsp3) is 0.455. The highest BCUT2D eigenvalue weighted by Crippen LogP contribution is 2.36. The van der Waals surface area contributed by atoms with Gasteiger partial charge < -0.3 is 15.0 Å². The number of para-hydroxylation sites is 1. The van der Waals surface area contributed by atoms with Crippen LogP contribution >= 0.6 is 11.3 Å². The largest absolute Gasteiger partial charge is 0.459 e. The zero-order valence-electron chi connectivity index (χ0n) is 16.9. The van der Waals surface area contributed by atoms with E-state index in [9.17, 15) is 14.4 Å². The zero-order chi connectivity index (χ0) is 21.1. The molecule has 0 radical (unpaired) electrons. The molecule has 1 aromatic carbocycles. The van der Waals surface area contributed by atoms with Crippen LogP contribution in [-0.4, -0.2) is 29.3 Å². The Balaban J connectivity index is 1.41. The Morgan fingerprint density at radius 2 is 1.97 bits per heavy atom. The number of hydrogen-bond donors (Lipinski definition) is 1. The third-order valence-electron chi connectivity index (χ3n) is 5.74. The van der Waals surface area contributed by atoms with Crippen LogP contribution in [-0.2, 0) is 32.1 Å². The van der Waals surface area contributed by atoms with Crippen molar-refractivity contribution in [2.75, 3.05) is 16.8 Å². The van der Waals surface area contributed by atoms with Gasteiger partial charge in [-0.15, -0.1) is 11.3 Å². The molecule has 1 aromatic heterocycles. The van der Waals surface area contributed by atoms with E-state index in [-0.39, 0.29) is 30.3 Å². The molecule has 0 saturated heterocycles. The first-order chi connectivity index (χ1) is 14.5. The number of nitrogens with one attached hydrogen (secondary N) is 1. The molecular formula is C22H25N3O4S. The SMILES string of the molecule is CC(=O)Nc1nc(COC(=O)C2CCCCC2C(=O)N2CCc3ccccc32)cs1. The standard InChI is InChI=1S/C22H25N3O4S/c1-14(26)23-22-24-16(13-30-22)12-29-21(28)18-8-4-3-7-17(18)20(27)25-11-10-15-6-2-5-9-19(15)25/h2,5-6,9,13,17-18H,3-4,7-8,10-12H2,1H3,(H,23,24,26). The van der Waals surface area contributed by atoms with Gasteiger partial charge in [0.1, 0.15) is 6.61 Å². The first kappa shape index (κ1) is 20.5. The minimum Gasteiger partial charge on any atom is -0.459 e. The normalized spacial score (nSPS) is 20.5. The quantitative estimate of drug-likeness (QED) is 0.738. The van der Waals surface area contributed by atoms with Gasteiger partial charge in [-0.05, 0) is 30.9 Å². The third kappa shape index (κ3) is 4.38. The maximum atomic E-state index is 13.3. The number of ether oxygens (including phenoxy) is 1. The fourth-order valence-electron chi connectivity index (χ4n) is 4.31. The molecule has 8 heteroatoms. The number of anilines is 2. The third-order valence-corrected chi connectivity index (χ3v) is 6.54. The van der Waals surface area contributed by atoms with Gasteiger partial charge >= 0.3 is 5.97 Å². The molecule has 2 atom stereocenters. The van der Waals surface area contributed by atoms with Crippen LogP contribution < -0.4 is 10.2 Å². The van der Waals surface area contributed by atoms with Gasteiger partial charge in [-0.1, -0.05) is 31.0 Å². The van der Waals surface area contributed by atoms with Gasteiger partial charge in [0.15, 0.2) is 5.13 Å². The van der Waals surface area contributed by atoms with Crippen molar-refractivity contribution >= 4 is 39.9 Å². The highest BCUT2D eigenvalue weighted by Gasteiger charge is 2.40. The number of nitrogens with zero attached hydrogens (tertiary/aromatic N) is 2. The van der Waals surface area contributed by atoms with E-state index in [1.165, 1.54) is 23.8 Å². The van der Waals surface area contributed by atoms with Crippen LogP contribution in [0.3, 0.4) is 0 Å². The first-order valence-electron chi connectivity index (χ1n) is 10.3. The summed E-state index contributed by atoms with van der Waals surface area (Å²) in [4.78, 5) is 43.4. The fourth-order valence-corrected chi connectivity index (χ4v) is 5.05. The van der Waals surface area contributed by atoms with Gasteiger partial charge in [0.05, 0.1) is 17.5 Å². The predicted molar refractivity (Wildman–Crippen MR) is 114 cm³/mol. The lowest BCUT2D eigenvalue weighted by atomic mass is 9.78. The Hall–Kier alpha value is -2.74. The maximum Gasteiger partial charge on any atom is 0.310 e. The predicted octanol–water partition coefficient (Wildman–Crippen LogP) is 3.54. The molecule has 30 heavy (non-hydrogen) atoms. The molecule has 7 nitrogen and oxygen atoms in total. The van der Waals surface area contributed by atoms with Crippen LogP contribution in [0.25, 0.3) is 0 Å². The summed E-state index contributed by atoms with van der Waals surface area (Å²) in [6, 6.07) is 7.97. The van der Waals surface area contributed by atoms with E-state index < -0.39 is 5.92 Å². The lowest BCUT2D eigenvalue weighted by Gasteiger charge is -2.32. The lowest BCUT2D eigenvalue weighted by molar-refractivity contribution is -0.155. The number of carbonyl (C=O) groups is 3. The average Bonchev–Trinajstić information content (AvgIpc) is 3.38. The van der Waals surface area contributed by atoms with E-state index in [0.717, 1.165) is 24.9 Å². The maximum absolute atomic E-state index is 13.3. The number of benzene rings is 1. The Kier molecular flexibility index (Phi) is 6.13. The number of thiazole rings is 1. The summed E-state index contributed by atoms with van der Waals surface area (Å²) < 4.78 is 5.52. The van der Waals surface area contributed by atoms with Crippen molar-refractivity contribution in [2.24, 2.45) is 11.8 Å². The average molecular weight is 428 g/mol. The van der Waals surface area contributed by atoms with Crippen molar-refractivity contribution in [1.82, 2.24) is 4.98 Å². The molecule has 2 aliphatic rings. The summed E-state index contributed by atoms with van der Waals surface area (Å²) in [5.41, 5.74) is 2.73. The van der Waals surface area contributed by atoms with Crippen LogP contribution in [0.1, 0.15) is 43.9 Å². The van der Waals surface area contributed by atoms with Crippen LogP contribution in [0.4, 0.5) is 10.8 Å². The highest BCUT2D eigenvalue weighted by atomic mass is 32.1. The molecule has 0 spiro atoms. The highest BCUT2D eigenvalue weighted by molar-refractivity contribution is 7.13. The molecule has 4 rings (SSSR count). The summed E-state index contributed by atoms with van der Waals surface area (Å²) in [5, 5.41) is 4.85. The van der Waals surface area contributed by atoms with Crippen molar-refractivity contribution in [1.29, 1.82) is 0 Å². The number of rotatable bonds is 5. The van der Waals surface area contributed by atoms with E-state index in [2.05, 4.69) is 16.4 Å². The van der Waals surface area contributed by atoms with E-state index in [1.807, 2.05) is 23.1 Å². The molecule has 1 aliphatic heterocycles. The smallest absolute Gasteiger partial charge is 0.310 e. The summed E-state index contributed by atoms with van der Waals surface area (Å²) >= 11 is 1.29. The first-order valence-corrected chi connectivity index (χ1v) is 11.2. The van der Waals surface area contributed by atoms with Crippen molar-refractivity contribution in [3.05, 3.63) is 40.9 Å². The number of hydrogen-bond acceptors (Lipinski definition) is 6. The Labute approximate surface area is 179 Å². The molecule has 1 fully saturated rings. The second-order valence-corrected chi connectivity index (χ2v) is 8.66. The van der Waals surface area contributed by atoms with Crippen LogP contribution in [0, 0.1) is 11.8 Å². The van der Waals surface area contributed by atoms with E-state index in [0.29, 0.717) is 30.2 Å². The summed E-state index contributed by atoms with van der Waals surface area (Å²) in [6.07, 6.45) is 4.09. The second kappa shape index (κ2) is 8.95.